The fourth-order valence-corrected chi connectivity index (χ4v) is 3.60. The number of carbonyl (C=O) groups is 2. The number of carbonyl (C=O) groups excluding carboxylic acids is 1. The number of unbranched alkanes of at least 4 members (excludes halogenated alkanes) is 12. The third-order valence-electron chi connectivity index (χ3n) is 5.40. The first-order chi connectivity index (χ1) is 14.1. The second-order valence-electron chi connectivity index (χ2n) is 8.10. The lowest BCUT2D eigenvalue weighted by Crippen LogP contribution is -2.17. The lowest BCUT2D eigenvalue weighted by Gasteiger charge is -2.14. The molecule has 1 N–H and O–H groups in total. The maximum atomic E-state index is 12.2. The van der Waals surface area contributed by atoms with Crippen molar-refractivity contribution in [3.05, 3.63) is 35.4 Å². The average Bonchev–Trinajstić information content (AvgIpc) is 2.71. The second kappa shape index (κ2) is 16.0. The Bertz CT molecular complexity index is 582. The minimum absolute atomic E-state index is 0.00865. The van der Waals surface area contributed by atoms with E-state index in [-0.39, 0.29) is 17.2 Å². The van der Waals surface area contributed by atoms with Crippen LogP contribution in [0.2, 0.25) is 0 Å². The van der Waals surface area contributed by atoms with Gasteiger partial charge in [0, 0.05) is 0 Å². The molecule has 4 heteroatoms. The maximum Gasteiger partial charge on any atom is 0.339 e. The molecular formula is C25H40O4. The molecule has 0 spiro atoms. The van der Waals surface area contributed by atoms with Gasteiger partial charge >= 0.3 is 11.9 Å². The Morgan fingerprint density at radius 3 is 1.72 bits per heavy atom. The molecule has 0 saturated carbocycles. The van der Waals surface area contributed by atoms with E-state index in [0.717, 1.165) is 19.3 Å². The van der Waals surface area contributed by atoms with Crippen LogP contribution >= 0.6 is 0 Å². The summed E-state index contributed by atoms with van der Waals surface area (Å²) in [7, 11) is 0. The smallest absolute Gasteiger partial charge is 0.339 e. The van der Waals surface area contributed by atoms with Crippen LogP contribution in [0.4, 0.5) is 0 Å². The Labute approximate surface area is 177 Å². The van der Waals surface area contributed by atoms with Gasteiger partial charge in [0.15, 0.2) is 0 Å². The van der Waals surface area contributed by atoms with Crippen molar-refractivity contribution in [2.45, 2.75) is 110 Å². The highest BCUT2D eigenvalue weighted by Gasteiger charge is 2.18. The largest absolute Gasteiger partial charge is 0.478 e. The number of ether oxygens (including phenoxy) is 1. The first-order valence-corrected chi connectivity index (χ1v) is 11.6. The highest BCUT2D eigenvalue weighted by molar-refractivity contribution is 6.02. The van der Waals surface area contributed by atoms with Crippen LogP contribution in [-0.2, 0) is 4.74 Å². The van der Waals surface area contributed by atoms with Gasteiger partial charge in [0.25, 0.3) is 0 Å². The van der Waals surface area contributed by atoms with Crippen molar-refractivity contribution < 1.29 is 19.4 Å². The number of benzene rings is 1. The molecular weight excluding hydrogens is 364 g/mol. The molecule has 0 amide bonds. The highest BCUT2D eigenvalue weighted by Crippen LogP contribution is 2.16. The molecule has 164 valence electrons. The Morgan fingerprint density at radius 1 is 0.793 bits per heavy atom. The highest BCUT2D eigenvalue weighted by atomic mass is 16.5. The fourth-order valence-electron chi connectivity index (χ4n) is 3.60. The zero-order chi connectivity index (χ0) is 21.3. The summed E-state index contributed by atoms with van der Waals surface area (Å²) in [6, 6.07) is 6.19. The summed E-state index contributed by atoms with van der Waals surface area (Å²) in [5.74, 6) is -1.66. The van der Waals surface area contributed by atoms with E-state index in [1.165, 1.54) is 82.8 Å². The van der Waals surface area contributed by atoms with E-state index in [1.54, 1.807) is 12.1 Å². The lowest BCUT2D eigenvalue weighted by atomic mass is 10.0. The van der Waals surface area contributed by atoms with Crippen molar-refractivity contribution >= 4 is 11.9 Å². The molecule has 4 nitrogen and oxygen atoms in total. The predicted octanol–water partition coefficient (Wildman–Crippen LogP) is 7.41. The summed E-state index contributed by atoms with van der Waals surface area (Å²) in [5.41, 5.74) is 0.114. The minimum atomic E-state index is -1.11. The molecule has 0 aliphatic carbocycles. The molecule has 1 rings (SSSR count). The van der Waals surface area contributed by atoms with Crippen molar-refractivity contribution in [2.75, 3.05) is 0 Å². The third kappa shape index (κ3) is 11.7. The number of esters is 1. The van der Waals surface area contributed by atoms with Crippen LogP contribution in [0.15, 0.2) is 24.3 Å². The number of carboxylic acid groups (broad SMARTS) is 1. The molecule has 1 atom stereocenters. The zero-order valence-corrected chi connectivity index (χ0v) is 18.5. The Kier molecular flexibility index (Phi) is 13.9. The van der Waals surface area contributed by atoms with E-state index in [9.17, 15) is 14.7 Å². The topological polar surface area (TPSA) is 63.6 Å². The van der Waals surface area contributed by atoms with Gasteiger partial charge in [0.05, 0.1) is 17.2 Å². The van der Waals surface area contributed by atoms with Gasteiger partial charge in [-0.3, -0.25) is 0 Å². The van der Waals surface area contributed by atoms with Crippen LogP contribution in [0.3, 0.4) is 0 Å². The first kappa shape index (κ1) is 25.2. The Balaban J connectivity index is 2.04. The van der Waals surface area contributed by atoms with E-state index < -0.39 is 11.9 Å². The SMILES string of the molecule is CCCCCCCCCCCCCCCC(C)OC(=O)c1ccccc1C(=O)O. The molecule has 29 heavy (non-hydrogen) atoms. The molecule has 0 saturated heterocycles. The van der Waals surface area contributed by atoms with E-state index in [2.05, 4.69) is 6.92 Å². The minimum Gasteiger partial charge on any atom is -0.478 e. The van der Waals surface area contributed by atoms with Gasteiger partial charge in [0.2, 0.25) is 0 Å². The van der Waals surface area contributed by atoms with Crippen LogP contribution in [0.1, 0.15) is 124 Å². The van der Waals surface area contributed by atoms with Crippen LogP contribution in [-0.4, -0.2) is 23.1 Å². The molecule has 0 radical (unpaired) electrons. The molecule has 0 aliphatic rings. The van der Waals surface area contributed by atoms with Gasteiger partial charge in [-0.25, -0.2) is 9.59 Å². The maximum absolute atomic E-state index is 12.2. The van der Waals surface area contributed by atoms with Crippen LogP contribution < -0.4 is 0 Å². The monoisotopic (exact) mass is 404 g/mol. The van der Waals surface area contributed by atoms with E-state index in [0.29, 0.717) is 0 Å². The van der Waals surface area contributed by atoms with E-state index >= 15 is 0 Å². The van der Waals surface area contributed by atoms with Crippen LogP contribution in [0, 0.1) is 0 Å². The van der Waals surface area contributed by atoms with E-state index in [1.807, 2.05) is 6.92 Å². The second-order valence-corrected chi connectivity index (χ2v) is 8.10. The number of hydrogen-bond acceptors (Lipinski definition) is 3. The summed E-state index contributed by atoms with van der Waals surface area (Å²) < 4.78 is 5.43. The van der Waals surface area contributed by atoms with Crippen LogP contribution in [0.25, 0.3) is 0 Å². The summed E-state index contributed by atoms with van der Waals surface area (Å²) >= 11 is 0. The molecule has 0 bridgehead atoms. The molecule has 1 unspecified atom stereocenters. The number of hydrogen-bond donors (Lipinski definition) is 1. The van der Waals surface area contributed by atoms with Crippen molar-refractivity contribution in [1.82, 2.24) is 0 Å². The summed E-state index contributed by atoms with van der Waals surface area (Å²) in [6.07, 6.45) is 17.7. The summed E-state index contributed by atoms with van der Waals surface area (Å²) in [5, 5.41) is 9.18. The summed E-state index contributed by atoms with van der Waals surface area (Å²) in [4.78, 5) is 23.4. The van der Waals surface area contributed by atoms with Gasteiger partial charge in [-0.2, -0.15) is 0 Å². The van der Waals surface area contributed by atoms with Crippen molar-refractivity contribution in [3.63, 3.8) is 0 Å². The Morgan fingerprint density at radius 2 is 1.24 bits per heavy atom. The molecule has 0 aromatic heterocycles. The number of rotatable bonds is 17. The van der Waals surface area contributed by atoms with Crippen molar-refractivity contribution in [2.24, 2.45) is 0 Å². The first-order valence-electron chi connectivity index (χ1n) is 11.6. The van der Waals surface area contributed by atoms with Crippen molar-refractivity contribution in [1.29, 1.82) is 0 Å². The normalized spacial score (nSPS) is 11.9. The van der Waals surface area contributed by atoms with Crippen molar-refractivity contribution in [3.8, 4) is 0 Å². The average molecular weight is 405 g/mol. The lowest BCUT2D eigenvalue weighted by molar-refractivity contribution is 0.0313. The van der Waals surface area contributed by atoms with E-state index in [4.69, 9.17) is 4.74 Å². The van der Waals surface area contributed by atoms with Crippen LogP contribution in [0.5, 0.6) is 0 Å². The molecule has 0 fully saturated rings. The number of aromatic carboxylic acids is 1. The Hall–Kier alpha value is -1.84. The van der Waals surface area contributed by atoms with Gasteiger partial charge in [0.1, 0.15) is 0 Å². The quantitative estimate of drug-likeness (QED) is 0.217. The molecule has 0 heterocycles. The summed E-state index contributed by atoms with van der Waals surface area (Å²) in [6.45, 7) is 4.14. The van der Waals surface area contributed by atoms with Gasteiger partial charge in [-0.1, -0.05) is 96.1 Å². The fraction of sp³-hybridized carbons (Fsp3) is 0.680. The standard InChI is InChI=1S/C25H40O4/c1-3-4-5-6-7-8-9-10-11-12-13-14-15-18-21(2)29-25(28)23-20-17-16-19-22(23)24(26)27/h16-17,19-21H,3-15,18H2,1-2H3,(H,26,27). The molecule has 0 aliphatic heterocycles. The molecule has 1 aromatic carbocycles. The van der Waals surface area contributed by atoms with Gasteiger partial charge < -0.3 is 9.84 Å². The van der Waals surface area contributed by atoms with Gasteiger partial charge in [-0.05, 0) is 31.9 Å². The third-order valence-corrected chi connectivity index (χ3v) is 5.40. The molecule has 1 aromatic rings. The number of carboxylic acids is 1. The zero-order valence-electron chi connectivity index (χ0n) is 18.5. The predicted molar refractivity (Wildman–Crippen MR) is 119 cm³/mol. The van der Waals surface area contributed by atoms with Gasteiger partial charge in [-0.15, -0.1) is 0 Å².